The van der Waals surface area contributed by atoms with Crippen LogP contribution in [-0.4, -0.2) is 5.11 Å². The van der Waals surface area contributed by atoms with Crippen LogP contribution in [-0.2, 0) is 0 Å². The second-order valence-corrected chi connectivity index (χ2v) is 8.90. The summed E-state index contributed by atoms with van der Waals surface area (Å²) in [6.07, 6.45) is 0. The Bertz CT molecular complexity index is 1320. The first-order chi connectivity index (χ1) is 12.6. The second-order valence-electron chi connectivity index (χ2n) is 6.20. The molecule has 4 heteroatoms. The molecule has 0 aliphatic heterocycles. The van der Waals surface area contributed by atoms with E-state index in [1.807, 2.05) is 23.5 Å². The molecule has 0 amide bonds. The van der Waals surface area contributed by atoms with Crippen LogP contribution >= 0.6 is 43.2 Å². The monoisotopic (exact) mass is 482 g/mol. The maximum atomic E-state index is 9.94. The molecule has 4 aromatic carbocycles. The van der Waals surface area contributed by atoms with Gasteiger partial charge in [0.2, 0.25) is 0 Å². The first kappa shape index (κ1) is 16.3. The van der Waals surface area contributed by atoms with Crippen molar-refractivity contribution in [3.05, 3.63) is 75.7 Å². The summed E-state index contributed by atoms with van der Waals surface area (Å²) in [7, 11) is 0. The number of benzene rings is 4. The quantitative estimate of drug-likeness (QED) is 0.255. The summed E-state index contributed by atoms with van der Waals surface area (Å²) in [5.41, 5.74) is 2.30. The van der Waals surface area contributed by atoms with Crippen LogP contribution in [0, 0.1) is 0 Å². The molecule has 0 saturated heterocycles. The average Bonchev–Trinajstić information content (AvgIpc) is 3.05. The van der Waals surface area contributed by atoms with Crippen molar-refractivity contribution in [2.75, 3.05) is 0 Å². The molecule has 26 heavy (non-hydrogen) atoms. The number of fused-ring (bicyclic) bond motifs is 4. The predicted octanol–water partition coefficient (Wildman–Crippen LogP) is 8.11. The van der Waals surface area contributed by atoms with Crippen LogP contribution in [0.3, 0.4) is 0 Å². The van der Waals surface area contributed by atoms with Crippen LogP contribution in [0.1, 0.15) is 0 Å². The van der Waals surface area contributed by atoms with E-state index < -0.39 is 0 Å². The molecular weight excluding hydrogens is 472 g/mol. The molecule has 0 unspecified atom stereocenters. The van der Waals surface area contributed by atoms with Crippen molar-refractivity contribution in [1.82, 2.24) is 0 Å². The number of phenolic OH excluding ortho intramolecular Hbond substituents is 1. The molecule has 5 aromatic rings. The highest BCUT2D eigenvalue weighted by atomic mass is 79.9. The summed E-state index contributed by atoms with van der Waals surface area (Å²) in [6, 6.07) is 22.7. The van der Waals surface area contributed by atoms with Crippen molar-refractivity contribution in [2.45, 2.75) is 0 Å². The molecule has 1 heterocycles. The van der Waals surface area contributed by atoms with Gasteiger partial charge in [-0.1, -0.05) is 48.5 Å². The van der Waals surface area contributed by atoms with Gasteiger partial charge in [0.25, 0.3) is 0 Å². The predicted molar refractivity (Wildman–Crippen MR) is 119 cm³/mol. The van der Waals surface area contributed by atoms with Gasteiger partial charge in [-0.2, -0.15) is 0 Å². The molecule has 0 radical (unpaired) electrons. The lowest BCUT2D eigenvalue weighted by molar-refractivity contribution is 0.472. The molecule has 0 aliphatic rings. The lowest BCUT2D eigenvalue weighted by Crippen LogP contribution is -1.86. The zero-order valence-electron chi connectivity index (χ0n) is 13.5. The van der Waals surface area contributed by atoms with Crippen molar-refractivity contribution < 1.29 is 5.11 Å². The molecule has 1 N–H and O–H groups in total. The third kappa shape index (κ3) is 2.33. The number of hydrogen-bond donors (Lipinski definition) is 1. The Morgan fingerprint density at radius 2 is 1.46 bits per heavy atom. The Morgan fingerprint density at radius 1 is 0.769 bits per heavy atom. The smallest absolute Gasteiger partial charge is 0.129 e. The highest BCUT2D eigenvalue weighted by Gasteiger charge is 2.18. The molecule has 1 aromatic heterocycles. The Labute approximate surface area is 171 Å². The van der Waals surface area contributed by atoms with Gasteiger partial charge in [0.15, 0.2) is 0 Å². The zero-order chi connectivity index (χ0) is 17.8. The Morgan fingerprint density at radius 3 is 2.23 bits per heavy atom. The van der Waals surface area contributed by atoms with E-state index in [-0.39, 0.29) is 5.75 Å². The highest BCUT2D eigenvalue weighted by molar-refractivity contribution is 9.11. The zero-order valence-corrected chi connectivity index (χ0v) is 17.5. The molecular formula is C22H12Br2OS. The van der Waals surface area contributed by atoms with Crippen LogP contribution in [0.2, 0.25) is 0 Å². The first-order valence-electron chi connectivity index (χ1n) is 8.15. The van der Waals surface area contributed by atoms with Crippen LogP contribution in [0.5, 0.6) is 5.75 Å². The topological polar surface area (TPSA) is 20.2 Å². The Kier molecular flexibility index (Phi) is 3.82. The van der Waals surface area contributed by atoms with Crippen LogP contribution in [0.15, 0.2) is 75.7 Å². The van der Waals surface area contributed by atoms with Gasteiger partial charge in [-0.05, 0) is 72.0 Å². The van der Waals surface area contributed by atoms with Gasteiger partial charge in [0.05, 0.1) is 9.17 Å². The summed E-state index contributed by atoms with van der Waals surface area (Å²) >= 11 is 9.14. The standard InChI is InChI=1S/C22H12Br2OS/c23-16-11-12(9-10-17(16)25)19-13-5-1-2-6-14(13)21(24)22-20(19)15-7-3-4-8-18(15)26-22/h1-11,25H. The number of aromatic hydroxyl groups is 1. The summed E-state index contributed by atoms with van der Waals surface area (Å²) in [5.74, 6) is 0.251. The van der Waals surface area contributed by atoms with Crippen molar-refractivity contribution in [3.8, 4) is 16.9 Å². The molecule has 0 aliphatic carbocycles. The van der Waals surface area contributed by atoms with E-state index in [0.29, 0.717) is 4.47 Å². The van der Waals surface area contributed by atoms with Crippen molar-refractivity contribution in [3.63, 3.8) is 0 Å². The van der Waals surface area contributed by atoms with E-state index in [1.165, 1.54) is 36.5 Å². The van der Waals surface area contributed by atoms with E-state index in [9.17, 15) is 5.11 Å². The summed E-state index contributed by atoms with van der Waals surface area (Å²) in [6.45, 7) is 0. The lowest BCUT2D eigenvalue weighted by atomic mass is 9.93. The summed E-state index contributed by atoms with van der Waals surface area (Å²) in [5, 5.41) is 14.9. The van der Waals surface area contributed by atoms with Gasteiger partial charge < -0.3 is 5.11 Å². The fourth-order valence-corrected chi connectivity index (χ4v) is 5.89. The molecule has 1 nitrogen and oxygen atoms in total. The maximum absolute atomic E-state index is 9.94. The fraction of sp³-hybridized carbons (Fsp3) is 0. The molecule has 0 saturated carbocycles. The molecule has 0 bridgehead atoms. The summed E-state index contributed by atoms with van der Waals surface area (Å²) < 4.78 is 4.38. The second kappa shape index (κ2) is 6.08. The number of hydrogen-bond acceptors (Lipinski definition) is 2. The van der Waals surface area contributed by atoms with Crippen LogP contribution in [0.4, 0.5) is 0 Å². The SMILES string of the molecule is Oc1ccc(-c2c3ccccc3c(Br)c3sc4ccccc4c23)cc1Br. The van der Waals surface area contributed by atoms with Crippen molar-refractivity contribution in [1.29, 1.82) is 0 Å². The molecule has 126 valence electrons. The van der Waals surface area contributed by atoms with Gasteiger partial charge in [-0.3, -0.25) is 0 Å². The third-order valence-electron chi connectivity index (χ3n) is 4.71. The first-order valence-corrected chi connectivity index (χ1v) is 10.6. The molecule has 0 spiro atoms. The minimum absolute atomic E-state index is 0.251. The molecule has 0 fully saturated rings. The van der Waals surface area contributed by atoms with E-state index in [1.54, 1.807) is 6.07 Å². The largest absolute Gasteiger partial charge is 0.507 e. The average molecular weight is 484 g/mol. The summed E-state index contributed by atoms with van der Waals surface area (Å²) in [4.78, 5) is 0. The number of halogens is 2. The Balaban J connectivity index is 2.07. The number of rotatable bonds is 1. The van der Waals surface area contributed by atoms with Crippen LogP contribution < -0.4 is 0 Å². The van der Waals surface area contributed by atoms with Crippen molar-refractivity contribution in [2.24, 2.45) is 0 Å². The van der Waals surface area contributed by atoms with E-state index >= 15 is 0 Å². The maximum Gasteiger partial charge on any atom is 0.129 e. The minimum atomic E-state index is 0.251. The van der Waals surface area contributed by atoms with Gasteiger partial charge in [0.1, 0.15) is 5.75 Å². The van der Waals surface area contributed by atoms with Gasteiger partial charge in [-0.15, -0.1) is 11.3 Å². The van der Waals surface area contributed by atoms with Gasteiger partial charge in [-0.25, -0.2) is 0 Å². The number of thiophene rings is 1. The van der Waals surface area contributed by atoms with E-state index in [2.05, 4.69) is 80.4 Å². The van der Waals surface area contributed by atoms with Crippen LogP contribution in [0.25, 0.3) is 42.1 Å². The van der Waals surface area contributed by atoms with Gasteiger partial charge in [0, 0.05) is 19.9 Å². The third-order valence-corrected chi connectivity index (χ3v) is 7.62. The van der Waals surface area contributed by atoms with Gasteiger partial charge >= 0.3 is 0 Å². The molecule has 5 rings (SSSR count). The normalized spacial score (nSPS) is 11.6. The molecule has 0 atom stereocenters. The lowest BCUT2D eigenvalue weighted by Gasteiger charge is -2.13. The van der Waals surface area contributed by atoms with E-state index in [4.69, 9.17) is 0 Å². The fourth-order valence-electron chi connectivity index (χ4n) is 3.56. The highest BCUT2D eigenvalue weighted by Crippen LogP contribution is 2.48. The van der Waals surface area contributed by atoms with Crippen molar-refractivity contribution >= 4 is 74.1 Å². The minimum Gasteiger partial charge on any atom is -0.507 e. The Hall–Kier alpha value is -1.88. The van der Waals surface area contributed by atoms with E-state index in [0.717, 1.165) is 10.0 Å². The number of phenols is 1.